The van der Waals surface area contributed by atoms with Gasteiger partial charge in [-0.1, -0.05) is 0 Å². The van der Waals surface area contributed by atoms with Crippen LogP contribution in [-0.2, 0) is 0 Å². The van der Waals surface area contributed by atoms with Gasteiger partial charge in [0.25, 0.3) is 11.5 Å². The van der Waals surface area contributed by atoms with Gasteiger partial charge in [-0.2, -0.15) is 0 Å². The van der Waals surface area contributed by atoms with Crippen LogP contribution in [0, 0.1) is 0 Å². The summed E-state index contributed by atoms with van der Waals surface area (Å²) in [7, 11) is 0. The molecule has 2 aromatic heterocycles. The van der Waals surface area contributed by atoms with Crippen LogP contribution in [0.1, 0.15) is 55.9 Å². The van der Waals surface area contributed by atoms with Crippen LogP contribution >= 0.6 is 0 Å². The third-order valence-corrected chi connectivity index (χ3v) is 5.12. The second kappa shape index (κ2) is 5.29. The molecule has 0 aromatic carbocycles. The molecule has 0 bridgehead atoms. The summed E-state index contributed by atoms with van der Waals surface area (Å²) >= 11 is 0. The normalized spacial score (nSPS) is 23.8. The quantitative estimate of drug-likeness (QED) is 0.903. The van der Waals surface area contributed by atoms with E-state index in [0.29, 0.717) is 16.6 Å². The van der Waals surface area contributed by atoms with Gasteiger partial charge in [0, 0.05) is 24.3 Å². The maximum atomic E-state index is 12.8. The van der Waals surface area contributed by atoms with E-state index < -0.39 is 11.2 Å². The largest absolute Gasteiger partial charge is 0.333 e. The van der Waals surface area contributed by atoms with Gasteiger partial charge in [-0.15, -0.1) is 0 Å². The lowest BCUT2D eigenvalue weighted by atomic mass is 10.2. The van der Waals surface area contributed by atoms with E-state index in [2.05, 4.69) is 9.97 Å². The third-order valence-electron chi connectivity index (χ3n) is 5.12. The van der Waals surface area contributed by atoms with Crippen molar-refractivity contribution in [2.75, 3.05) is 0 Å². The van der Waals surface area contributed by atoms with Gasteiger partial charge in [0.15, 0.2) is 0 Å². The van der Waals surface area contributed by atoms with Crippen molar-refractivity contribution in [3.63, 3.8) is 0 Å². The molecule has 1 aliphatic heterocycles. The molecule has 0 unspecified atom stereocenters. The Hall–Kier alpha value is -2.44. The van der Waals surface area contributed by atoms with Crippen LogP contribution in [0.2, 0.25) is 0 Å². The predicted octanol–water partition coefficient (Wildman–Crippen LogP) is 1.43. The Morgan fingerprint density at radius 3 is 2.46 bits per heavy atom. The average molecular weight is 328 g/mol. The number of nitrogens with one attached hydrogen (secondary N) is 1. The van der Waals surface area contributed by atoms with E-state index in [1.165, 1.54) is 10.8 Å². The fourth-order valence-electron chi connectivity index (χ4n) is 3.67. The van der Waals surface area contributed by atoms with Crippen molar-refractivity contribution in [1.82, 2.24) is 19.4 Å². The Balaban J connectivity index is 1.83. The highest BCUT2D eigenvalue weighted by Crippen LogP contribution is 2.34. The minimum Gasteiger partial charge on any atom is -0.333 e. The van der Waals surface area contributed by atoms with E-state index in [1.54, 1.807) is 6.07 Å². The second-order valence-corrected chi connectivity index (χ2v) is 6.94. The first-order valence-corrected chi connectivity index (χ1v) is 8.44. The van der Waals surface area contributed by atoms with E-state index in [1.807, 2.05) is 18.7 Å². The molecule has 7 heteroatoms. The highest BCUT2D eigenvalue weighted by Gasteiger charge is 2.33. The minimum absolute atomic E-state index is 0.101. The molecule has 2 aliphatic rings. The van der Waals surface area contributed by atoms with Gasteiger partial charge in [-0.3, -0.25) is 19.1 Å². The van der Waals surface area contributed by atoms with Gasteiger partial charge in [-0.25, -0.2) is 9.78 Å². The molecule has 1 amide bonds. The van der Waals surface area contributed by atoms with E-state index in [0.717, 1.165) is 25.7 Å². The SMILES string of the molecule is C[C@@H]1CC[C@H](C)N1C(=O)c1cnc2c(c1)c(=O)[nH]c(=O)n2C1CC1. The zero-order valence-electron chi connectivity index (χ0n) is 13.8. The summed E-state index contributed by atoms with van der Waals surface area (Å²) < 4.78 is 1.53. The molecule has 2 aromatic rings. The summed E-state index contributed by atoms with van der Waals surface area (Å²) in [5.74, 6) is -0.106. The number of hydrogen-bond acceptors (Lipinski definition) is 4. The Labute approximate surface area is 138 Å². The Morgan fingerprint density at radius 1 is 1.17 bits per heavy atom. The third kappa shape index (κ3) is 2.26. The van der Waals surface area contributed by atoms with Gasteiger partial charge in [-0.05, 0) is 45.6 Å². The second-order valence-electron chi connectivity index (χ2n) is 6.94. The summed E-state index contributed by atoms with van der Waals surface area (Å²) in [6, 6.07) is 2.04. The van der Waals surface area contributed by atoms with Crippen molar-refractivity contribution in [3.05, 3.63) is 38.7 Å². The number of H-pyrrole nitrogens is 1. The molecule has 24 heavy (non-hydrogen) atoms. The van der Waals surface area contributed by atoms with E-state index >= 15 is 0 Å². The zero-order valence-corrected chi connectivity index (χ0v) is 13.8. The van der Waals surface area contributed by atoms with Crippen LogP contribution in [0.4, 0.5) is 0 Å². The molecule has 2 atom stereocenters. The van der Waals surface area contributed by atoms with Gasteiger partial charge in [0.05, 0.1) is 10.9 Å². The summed E-state index contributed by atoms with van der Waals surface area (Å²) in [5.41, 5.74) is -0.153. The number of carbonyl (C=O) groups is 1. The first-order valence-electron chi connectivity index (χ1n) is 8.44. The van der Waals surface area contributed by atoms with Crippen LogP contribution in [0.15, 0.2) is 21.9 Å². The molecular formula is C17H20N4O3. The van der Waals surface area contributed by atoms with Crippen molar-refractivity contribution in [1.29, 1.82) is 0 Å². The van der Waals surface area contributed by atoms with Gasteiger partial charge >= 0.3 is 5.69 Å². The monoisotopic (exact) mass is 328 g/mol. The highest BCUT2D eigenvalue weighted by atomic mass is 16.2. The van der Waals surface area contributed by atoms with Crippen LogP contribution in [0.5, 0.6) is 0 Å². The average Bonchev–Trinajstić information content (AvgIpc) is 3.32. The number of aromatic nitrogens is 3. The molecule has 2 fully saturated rings. The van der Waals surface area contributed by atoms with Crippen molar-refractivity contribution in [2.24, 2.45) is 0 Å². The van der Waals surface area contributed by atoms with E-state index in [9.17, 15) is 14.4 Å². The van der Waals surface area contributed by atoms with Crippen LogP contribution in [-0.4, -0.2) is 37.4 Å². The number of pyridine rings is 1. The molecular weight excluding hydrogens is 308 g/mol. The van der Waals surface area contributed by atoms with Crippen molar-refractivity contribution < 1.29 is 4.79 Å². The molecule has 0 radical (unpaired) electrons. The first kappa shape index (κ1) is 15.1. The fraction of sp³-hybridized carbons (Fsp3) is 0.529. The van der Waals surface area contributed by atoms with Crippen molar-refractivity contribution in [3.8, 4) is 0 Å². The van der Waals surface area contributed by atoms with Crippen molar-refractivity contribution in [2.45, 2.75) is 57.7 Å². The lowest BCUT2D eigenvalue weighted by Crippen LogP contribution is -2.38. The number of carbonyl (C=O) groups excluding carboxylic acids is 1. The summed E-state index contributed by atoms with van der Waals surface area (Å²) in [5, 5.41) is 0.298. The van der Waals surface area contributed by atoms with Gasteiger partial charge < -0.3 is 4.90 Å². The van der Waals surface area contributed by atoms with Crippen LogP contribution < -0.4 is 11.2 Å². The number of rotatable bonds is 2. The molecule has 1 N–H and O–H groups in total. The summed E-state index contributed by atoms with van der Waals surface area (Å²) in [6.07, 6.45) is 5.27. The van der Waals surface area contributed by atoms with Crippen LogP contribution in [0.3, 0.4) is 0 Å². The van der Waals surface area contributed by atoms with E-state index in [-0.39, 0.29) is 24.0 Å². The molecule has 1 aliphatic carbocycles. The maximum Gasteiger partial charge on any atom is 0.330 e. The van der Waals surface area contributed by atoms with Crippen molar-refractivity contribution >= 4 is 16.9 Å². The number of hydrogen-bond donors (Lipinski definition) is 1. The molecule has 1 saturated heterocycles. The molecule has 7 nitrogen and oxygen atoms in total. The minimum atomic E-state index is -0.489. The molecule has 0 spiro atoms. The number of amides is 1. The fourth-order valence-corrected chi connectivity index (χ4v) is 3.67. The summed E-state index contributed by atoms with van der Waals surface area (Å²) in [6.45, 7) is 4.07. The number of fused-ring (bicyclic) bond motifs is 1. The van der Waals surface area contributed by atoms with Gasteiger partial charge in [0.1, 0.15) is 5.65 Å². The van der Waals surface area contributed by atoms with E-state index in [4.69, 9.17) is 0 Å². The predicted molar refractivity (Wildman–Crippen MR) is 89.2 cm³/mol. The Kier molecular flexibility index (Phi) is 3.33. The highest BCUT2D eigenvalue weighted by molar-refractivity contribution is 5.97. The smallest absolute Gasteiger partial charge is 0.330 e. The molecule has 1 saturated carbocycles. The molecule has 3 heterocycles. The molecule has 126 valence electrons. The van der Waals surface area contributed by atoms with Crippen LogP contribution in [0.25, 0.3) is 11.0 Å². The standard InChI is InChI=1S/C17H20N4O3/c1-9-3-4-10(2)20(9)16(23)11-7-13-14(18-8-11)21(12-5-6-12)17(24)19-15(13)22/h7-10,12H,3-6H2,1-2H3,(H,19,22,24)/t9-,10+. The lowest BCUT2D eigenvalue weighted by Gasteiger charge is -2.26. The topological polar surface area (TPSA) is 88.1 Å². The maximum absolute atomic E-state index is 12.8. The van der Waals surface area contributed by atoms with Gasteiger partial charge in [0.2, 0.25) is 0 Å². The first-order chi connectivity index (χ1) is 11.5. The molecule has 4 rings (SSSR count). The lowest BCUT2D eigenvalue weighted by molar-refractivity contribution is 0.0692. The number of likely N-dealkylation sites (tertiary alicyclic amines) is 1. The summed E-state index contributed by atoms with van der Waals surface area (Å²) in [4.78, 5) is 45.6. The number of nitrogens with zero attached hydrogens (tertiary/aromatic N) is 3. The number of aromatic amines is 1. The zero-order chi connectivity index (χ0) is 17.0. The Bertz CT molecular complexity index is 931. The Morgan fingerprint density at radius 2 is 1.83 bits per heavy atom.